The molecular formula is C2H6NSe. The van der Waals surface area contributed by atoms with Crippen LogP contribution in [0.2, 0.25) is 0 Å². The minimum atomic E-state index is 1.88. The van der Waals surface area contributed by atoms with E-state index in [-0.39, 0.29) is 0 Å². The third-order valence-corrected chi connectivity index (χ3v) is 0. The summed E-state index contributed by atoms with van der Waals surface area (Å²) < 4.78 is 1.88. The Labute approximate surface area is 35.0 Å². The summed E-state index contributed by atoms with van der Waals surface area (Å²) in [5.74, 6) is 0. The first kappa shape index (κ1) is 4.48. The van der Waals surface area contributed by atoms with Crippen molar-refractivity contribution >= 4 is 16.2 Å². The van der Waals surface area contributed by atoms with Gasteiger partial charge in [0.2, 0.25) is 0 Å². The Hall–Kier alpha value is 0.479. The molecule has 0 aromatic heterocycles. The maximum absolute atomic E-state index is 2.74. The summed E-state index contributed by atoms with van der Waals surface area (Å²) in [6.07, 6.45) is 0. The maximum atomic E-state index is 2.74. The first-order chi connectivity index (χ1) is 1.73. The van der Waals surface area contributed by atoms with Crippen molar-refractivity contribution in [1.82, 2.24) is 3.92 Å². The van der Waals surface area contributed by atoms with E-state index >= 15 is 0 Å². The van der Waals surface area contributed by atoms with Crippen LogP contribution in [0.25, 0.3) is 0 Å². The molecule has 0 aromatic rings. The Morgan fingerprint density at radius 2 is 1.50 bits per heavy atom. The molecule has 1 radical (unpaired) electrons. The molecule has 0 N–H and O–H groups in total. The van der Waals surface area contributed by atoms with Crippen molar-refractivity contribution in [2.75, 3.05) is 14.1 Å². The molecule has 1 nitrogen and oxygen atoms in total. The summed E-state index contributed by atoms with van der Waals surface area (Å²) in [7, 11) is 3.89. The van der Waals surface area contributed by atoms with Crippen LogP contribution in [0.3, 0.4) is 0 Å². The van der Waals surface area contributed by atoms with Crippen LogP contribution in [0.5, 0.6) is 0 Å². The Morgan fingerprint density at radius 1 is 1.50 bits per heavy atom. The Balaban J connectivity index is 2.32. The molecule has 0 rings (SSSR count). The average Bonchev–Trinajstić information content (AvgIpc) is 0.811. The van der Waals surface area contributed by atoms with Gasteiger partial charge in [-0.1, -0.05) is 0 Å². The van der Waals surface area contributed by atoms with Gasteiger partial charge in [-0.2, -0.15) is 0 Å². The zero-order chi connectivity index (χ0) is 3.58. The molecule has 0 fully saturated rings. The van der Waals surface area contributed by atoms with E-state index in [4.69, 9.17) is 0 Å². The SMILES string of the molecule is CN(C)[Se]. The van der Waals surface area contributed by atoms with Gasteiger partial charge in [0.1, 0.15) is 0 Å². The minimum absolute atomic E-state index is 1.88. The van der Waals surface area contributed by atoms with Gasteiger partial charge in [0.05, 0.1) is 0 Å². The van der Waals surface area contributed by atoms with Crippen LogP contribution in [0.15, 0.2) is 0 Å². The molecule has 0 bridgehead atoms. The van der Waals surface area contributed by atoms with E-state index in [0.717, 1.165) is 0 Å². The predicted octanol–water partition coefficient (Wildman–Crippen LogP) is -0.369. The topological polar surface area (TPSA) is 3.24 Å². The number of hydrogen-bond acceptors (Lipinski definition) is 1. The van der Waals surface area contributed by atoms with Crippen LogP contribution >= 0.6 is 0 Å². The van der Waals surface area contributed by atoms with E-state index in [1.54, 1.807) is 0 Å². The van der Waals surface area contributed by atoms with Crippen LogP contribution in [-0.2, 0) is 0 Å². The van der Waals surface area contributed by atoms with E-state index in [1.807, 2.05) is 18.0 Å². The van der Waals surface area contributed by atoms with Crippen molar-refractivity contribution in [2.45, 2.75) is 0 Å². The van der Waals surface area contributed by atoms with Crippen molar-refractivity contribution in [1.29, 1.82) is 0 Å². The zero-order valence-electron chi connectivity index (χ0n) is 2.86. The summed E-state index contributed by atoms with van der Waals surface area (Å²) in [6.45, 7) is 0. The Bertz CT molecular complexity index is 10.8. The van der Waals surface area contributed by atoms with Gasteiger partial charge in [-0.3, -0.25) is 0 Å². The second-order valence-electron chi connectivity index (χ2n) is 0.812. The summed E-state index contributed by atoms with van der Waals surface area (Å²) in [6, 6.07) is 0. The van der Waals surface area contributed by atoms with Crippen LogP contribution in [-0.4, -0.2) is 34.2 Å². The molecule has 0 heterocycles. The Morgan fingerprint density at radius 3 is 1.50 bits per heavy atom. The van der Waals surface area contributed by atoms with E-state index < -0.39 is 0 Å². The van der Waals surface area contributed by atoms with Gasteiger partial charge in [-0.15, -0.1) is 0 Å². The van der Waals surface area contributed by atoms with E-state index in [2.05, 4.69) is 16.2 Å². The van der Waals surface area contributed by atoms with Crippen molar-refractivity contribution in [2.24, 2.45) is 0 Å². The zero-order valence-corrected chi connectivity index (χ0v) is 4.57. The van der Waals surface area contributed by atoms with Gasteiger partial charge in [0.15, 0.2) is 0 Å². The van der Waals surface area contributed by atoms with Gasteiger partial charge < -0.3 is 0 Å². The fourth-order valence-corrected chi connectivity index (χ4v) is 0. The van der Waals surface area contributed by atoms with Gasteiger partial charge in [0.25, 0.3) is 0 Å². The molecule has 0 atom stereocenters. The van der Waals surface area contributed by atoms with Gasteiger partial charge in [-0.25, -0.2) is 0 Å². The van der Waals surface area contributed by atoms with E-state index in [9.17, 15) is 0 Å². The molecule has 0 aliphatic rings. The standard InChI is InChI=1S/C2H6NSe/c1-3(2)4/h1-2H3. The fourth-order valence-electron chi connectivity index (χ4n) is 0. The monoisotopic (exact) mass is 124 g/mol. The van der Waals surface area contributed by atoms with Crippen molar-refractivity contribution in [3.05, 3.63) is 0 Å². The molecule has 2 heteroatoms. The number of rotatable bonds is 0. The van der Waals surface area contributed by atoms with Gasteiger partial charge >= 0.3 is 34.2 Å². The molecule has 4 heavy (non-hydrogen) atoms. The third-order valence-electron chi connectivity index (χ3n) is 0. The van der Waals surface area contributed by atoms with Crippen molar-refractivity contribution < 1.29 is 0 Å². The van der Waals surface area contributed by atoms with E-state index in [0.29, 0.717) is 0 Å². The average molecular weight is 123 g/mol. The van der Waals surface area contributed by atoms with Gasteiger partial charge in [-0.05, 0) is 0 Å². The third kappa shape index (κ3) is 23.6. The summed E-state index contributed by atoms with van der Waals surface area (Å²) in [5.41, 5.74) is 0. The molecule has 25 valence electrons. The van der Waals surface area contributed by atoms with Crippen LogP contribution in [0, 0.1) is 0 Å². The number of hydrogen-bond donors (Lipinski definition) is 0. The molecule has 0 saturated carbocycles. The second-order valence-corrected chi connectivity index (χ2v) is 2.34. The molecule has 0 saturated heterocycles. The number of nitrogens with zero attached hydrogens (tertiary/aromatic N) is 1. The normalized spacial score (nSPS) is 9.00. The molecule has 0 aliphatic carbocycles. The predicted molar refractivity (Wildman–Crippen MR) is 19.4 cm³/mol. The van der Waals surface area contributed by atoms with Crippen LogP contribution in [0.1, 0.15) is 0 Å². The first-order valence-corrected chi connectivity index (χ1v) is 1.84. The summed E-state index contributed by atoms with van der Waals surface area (Å²) in [4.78, 5) is 0. The van der Waals surface area contributed by atoms with Crippen molar-refractivity contribution in [3.63, 3.8) is 0 Å². The first-order valence-electron chi connectivity index (χ1n) is 1.08. The molecule has 0 aliphatic heterocycles. The summed E-state index contributed by atoms with van der Waals surface area (Å²) >= 11 is 2.74. The Kier molecular flexibility index (Phi) is 1.98. The fraction of sp³-hybridized carbons (Fsp3) is 1.00. The van der Waals surface area contributed by atoms with Crippen LogP contribution < -0.4 is 0 Å². The van der Waals surface area contributed by atoms with Gasteiger partial charge in [0, 0.05) is 0 Å². The van der Waals surface area contributed by atoms with E-state index in [1.165, 1.54) is 0 Å². The molecule has 0 unspecified atom stereocenters. The molecule has 0 spiro atoms. The molecular weight excluding hydrogens is 117 g/mol. The quantitative estimate of drug-likeness (QED) is 0.397. The summed E-state index contributed by atoms with van der Waals surface area (Å²) in [5, 5.41) is 0. The molecule has 0 amide bonds. The molecule has 0 aromatic carbocycles. The van der Waals surface area contributed by atoms with Crippen molar-refractivity contribution in [3.8, 4) is 0 Å². The van der Waals surface area contributed by atoms with Crippen LogP contribution in [0.4, 0.5) is 0 Å². The second kappa shape index (κ2) is 1.77.